The van der Waals surface area contributed by atoms with Gasteiger partial charge in [-0.2, -0.15) is 0 Å². The topological polar surface area (TPSA) is 53.5 Å². The van der Waals surface area contributed by atoms with E-state index in [1.807, 2.05) is 71.3 Å². The molecule has 2 heterocycles. The lowest BCUT2D eigenvalue weighted by molar-refractivity contribution is 0.0535. The van der Waals surface area contributed by atoms with Crippen molar-refractivity contribution < 1.29 is 9.59 Å². The Hall–Kier alpha value is -2.64. The predicted molar refractivity (Wildman–Crippen MR) is 121 cm³/mol. The van der Waals surface area contributed by atoms with Crippen LogP contribution in [0.5, 0.6) is 0 Å². The van der Waals surface area contributed by atoms with Gasteiger partial charge in [-0.3, -0.25) is 9.59 Å². The Kier molecular flexibility index (Phi) is 6.50. The summed E-state index contributed by atoms with van der Waals surface area (Å²) in [4.78, 5) is 33.5. The molecular formula is C23H23N3O2S2. The van der Waals surface area contributed by atoms with Crippen molar-refractivity contribution in [3.63, 3.8) is 0 Å². The minimum Gasteiger partial charge on any atom is -0.335 e. The number of hydrogen-bond acceptors (Lipinski definition) is 5. The van der Waals surface area contributed by atoms with Crippen LogP contribution in [0, 0.1) is 6.92 Å². The number of hydrogen-bond donors (Lipinski definition) is 0. The average molecular weight is 438 g/mol. The number of benzene rings is 2. The molecule has 154 valence electrons. The highest BCUT2D eigenvalue weighted by molar-refractivity contribution is 8.00. The fourth-order valence-corrected chi connectivity index (χ4v) is 5.15. The van der Waals surface area contributed by atoms with E-state index < -0.39 is 0 Å². The van der Waals surface area contributed by atoms with E-state index in [1.54, 1.807) is 23.1 Å². The van der Waals surface area contributed by atoms with Crippen LogP contribution in [0.3, 0.4) is 0 Å². The Morgan fingerprint density at radius 3 is 2.00 bits per heavy atom. The summed E-state index contributed by atoms with van der Waals surface area (Å²) in [6, 6.07) is 17.1. The van der Waals surface area contributed by atoms with Crippen molar-refractivity contribution in [1.29, 1.82) is 0 Å². The van der Waals surface area contributed by atoms with Crippen LogP contribution in [-0.4, -0.2) is 52.8 Å². The number of aryl methyl sites for hydroxylation is 1. The van der Waals surface area contributed by atoms with Gasteiger partial charge in [0.25, 0.3) is 11.8 Å². The summed E-state index contributed by atoms with van der Waals surface area (Å²) < 4.78 is 1.07. The number of thiazole rings is 1. The van der Waals surface area contributed by atoms with E-state index in [-0.39, 0.29) is 11.8 Å². The highest BCUT2D eigenvalue weighted by Gasteiger charge is 2.25. The first-order chi connectivity index (χ1) is 14.6. The normalized spacial score (nSPS) is 14.0. The smallest absolute Gasteiger partial charge is 0.253 e. The van der Waals surface area contributed by atoms with Crippen molar-refractivity contribution in [3.8, 4) is 0 Å². The van der Waals surface area contributed by atoms with Crippen LogP contribution in [0.25, 0.3) is 0 Å². The highest BCUT2D eigenvalue weighted by atomic mass is 32.2. The van der Waals surface area contributed by atoms with E-state index in [4.69, 9.17) is 0 Å². The second-order valence-electron chi connectivity index (χ2n) is 7.19. The number of amides is 2. The average Bonchev–Trinajstić information content (AvgIpc) is 3.23. The van der Waals surface area contributed by atoms with Gasteiger partial charge in [0.2, 0.25) is 0 Å². The minimum absolute atomic E-state index is 0.0246. The molecule has 5 nitrogen and oxygen atoms in total. The first-order valence-electron chi connectivity index (χ1n) is 9.87. The maximum absolute atomic E-state index is 12.8. The molecule has 1 fully saturated rings. The number of piperazine rings is 1. The third-order valence-corrected chi connectivity index (χ3v) is 7.25. The van der Waals surface area contributed by atoms with E-state index in [0.717, 1.165) is 15.8 Å². The third kappa shape index (κ3) is 4.91. The van der Waals surface area contributed by atoms with Crippen molar-refractivity contribution in [2.45, 2.75) is 17.0 Å². The molecule has 0 aliphatic carbocycles. The lowest BCUT2D eigenvalue weighted by Gasteiger charge is -2.35. The first-order valence-corrected chi connectivity index (χ1v) is 11.7. The summed E-state index contributed by atoms with van der Waals surface area (Å²) in [7, 11) is 0. The van der Waals surface area contributed by atoms with Crippen LogP contribution in [0.2, 0.25) is 0 Å². The number of nitrogens with zero attached hydrogens (tertiary/aromatic N) is 3. The Balaban J connectivity index is 1.30. The van der Waals surface area contributed by atoms with Gasteiger partial charge in [-0.15, -0.1) is 11.3 Å². The zero-order chi connectivity index (χ0) is 20.9. The maximum Gasteiger partial charge on any atom is 0.253 e. The van der Waals surface area contributed by atoms with Gasteiger partial charge in [-0.05, 0) is 36.8 Å². The first kappa shape index (κ1) is 20.6. The molecule has 0 unspecified atom stereocenters. The molecule has 0 bridgehead atoms. The van der Waals surface area contributed by atoms with Crippen molar-refractivity contribution in [3.05, 3.63) is 82.4 Å². The van der Waals surface area contributed by atoms with E-state index >= 15 is 0 Å². The summed E-state index contributed by atoms with van der Waals surface area (Å²) in [6.07, 6.45) is 0. The summed E-state index contributed by atoms with van der Waals surface area (Å²) in [5.74, 6) is 0.887. The highest BCUT2D eigenvalue weighted by Crippen LogP contribution is 2.26. The molecule has 0 spiro atoms. The van der Waals surface area contributed by atoms with Gasteiger partial charge in [0.1, 0.15) is 4.34 Å². The SMILES string of the molecule is Cc1csc(SCc2ccc(C(=O)N3CCN(C(=O)c4ccccc4)CC3)cc2)n1. The zero-order valence-electron chi connectivity index (χ0n) is 16.8. The monoisotopic (exact) mass is 437 g/mol. The molecule has 0 saturated carbocycles. The third-order valence-electron chi connectivity index (χ3n) is 5.04. The number of carbonyl (C=O) groups is 2. The van der Waals surface area contributed by atoms with Crippen LogP contribution in [-0.2, 0) is 5.75 Å². The van der Waals surface area contributed by atoms with Gasteiger partial charge in [0.15, 0.2) is 0 Å². The number of thioether (sulfide) groups is 1. The largest absolute Gasteiger partial charge is 0.335 e. The Bertz CT molecular complexity index is 1010. The van der Waals surface area contributed by atoms with E-state index in [9.17, 15) is 9.59 Å². The van der Waals surface area contributed by atoms with Gasteiger partial charge in [-0.25, -0.2) is 4.98 Å². The summed E-state index contributed by atoms with van der Waals surface area (Å²) >= 11 is 3.37. The van der Waals surface area contributed by atoms with Gasteiger partial charge in [0.05, 0.1) is 0 Å². The molecule has 1 aliphatic rings. The Morgan fingerprint density at radius 1 is 0.900 bits per heavy atom. The van der Waals surface area contributed by atoms with Crippen LogP contribution < -0.4 is 0 Å². The summed E-state index contributed by atoms with van der Waals surface area (Å²) in [6.45, 7) is 4.22. The molecule has 2 aromatic carbocycles. The predicted octanol–water partition coefficient (Wildman–Crippen LogP) is 4.34. The van der Waals surface area contributed by atoms with Crippen LogP contribution in [0.15, 0.2) is 64.3 Å². The lowest BCUT2D eigenvalue weighted by atomic mass is 10.1. The molecule has 0 radical (unpaired) electrons. The second kappa shape index (κ2) is 9.45. The van der Waals surface area contributed by atoms with Crippen molar-refractivity contribution in [2.75, 3.05) is 26.2 Å². The fourth-order valence-electron chi connectivity index (χ4n) is 3.35. The molecule has 30 heavy (non-hydrogen) atoms. The van der Waals surface area contributed by atoms with Gasteiger partial charge in [0, 0.05) is 54.1 Å². The maximum atomic E-state index is 12.8. The van der Waals surface area contributed by atoms with Crippen molar-refractivity contribution in [1.82, 2.24) is 14.8 Å². The summed E-state index contributed by atoms with van der Waals surface area (Å²) in [5, 5.41) is 2.05. The quantitative estimate of drug-likeness (QED) is 0.557. The molecule has 7 heteroatoms. The van der Waals surface area contributed by atoms with E-state index in [1.165, 1.54) is 5.56 Å². The molecule has 4 rings (SSSR count). The molecule has 1 saturated heterocycles. The van der Waals surface area contributed by atoms with Crippen molar-refractivity contribution in [2.24, 2.45) is 0 Å². The zero-order valence-corrected chi connectivity index (χ0v) is 18.4. The molecule has 0 atom stereocenters. The second-order valence-corrected chi connectivity index (χ2v) is 9.27. The fraction of sp³-hybridized carbons (Fsp3) is 0.261. The number of carbonyl (C=O) groups excluding carboxylic acids is 2. The lowest BCUT2D eigenvalue weighted by Crippen LogP contribution is -2.50. The van der Waals surface area contributed by atoms with Crippen LogP contribution >= 0.6 is 23.1 Å². The van der Waals surface area contributed by atoms with Gasteiger partial charge in [-0.1, -0.05) is 42.1 Å². The Labute approximate surface area is 184 Å². The molecule has 1 aromatic heterocycles. The molecule has 1 aliphatic heterocycles. The molecule has 0 N–H and O–H groups in total. The Morgan fingerprint density at radius 2 is 1.47 bits per heavy atom. The van der Waals surface area contributed by atoms with E-state index in [2.05, 4.69) is 10.4 Å². The van der Waals surface area contributed by atoms with Crippen LogP contribution in [0.1, 0.15) is 32.0 Å². The van der Waals surface area contributed by atoms with Crippen molar-refractivity contribution >= 4 is 34.9 Å². The van der Waals surface area contributed by atoms with Gasteiger partial charge < -0.3 is 9.80 Å². The van der Waals surface area contributed by atoms with Crippen LogP contribution in [0.4, 0.5) is 0 Å². The minimum atomic E-state index is 0.0246. The summed E-state index contributed by atoms with van der Waals surface area (Å²) in [5.41, 5.74) is 3.60. The molecule has 3 aromatic rings. The van der Waals surface area contributed by atoms with Gasteiger partial charge >= 0.3 is 0 Å². The molecule has 2 amide bonds. The number of rotatable bonds is 5. The molecular weight excluding hydrogens is 414 g/mol. The van der Waals surface area contributed by atoms with E-state index in [0.29, 0.717) is 37.3 Å². The number of aromatic nitrogens is 1. The standard InChI is InChI=1S/C23H23N3O2S2/c1-17-15-29-23(24-17)30-16-18-7-9-20(10-8-18)22(28)26-13-11-25(12-14-26)21(27)19-5-3-2-4-6-19/h2-10,15H,11-14,16H2,1H3.